The molecule has 1 aliphatic rings. The van der Waals surface area contributed by atoms with Crippen LogP contribution in [0.1, 0.15) is 12.8 Å². The van der Waals surface area contributed by atoms with Crippen molar-refractivity contribution in [3.63, 3.8) is 0 Å². The summed E-state index contributed by atoms with van der Waals surface area (Å²) in [5, 5.41) is 8.82. The molecule has 1 aromatic carbocycles. The number of halogens is 3. The van der Waals surface area contributed by atoms with Crippen LogP contribution in [0.15, 0.2) is 12.1 Å². The van der Waals surface area contributed by atoms with Crippen LogP contribution < -0.4 is 4.90 Å². The molecule has 0 saturated carbocycles. The SMILES string of the molecule is O=C(O)C1CCN(c2c(F)cc(F)cc2F)CC1. The summed E-state index contributed by atoms with van der Waals surface area (Å²) in [5.41, 5.74) is -0.278. The lowest BCUT2D eigenvalue weighted by atomic mass is 9.96. The van der Waals surface area contributed by atoms with Gasteiger partial charge in [0.25, 0.3) is 0 Å². The Hall–Kier alpha value is -1.72. The molecule has 0 unspecified atom stereocenters. The molecule has 98 valence electrons. The zero-order valence-electron chi connectivity index (χ0n) is 9.50. The Morgan fingerprint density at radius 1 is 1.17 bits per heavy atom. The third-order valence-corrected chi connectivity index (χ3v) is 3.14. The Morgan fingerprint density at radius 3 is 2.11 bits per heavy atom. The van der Waals surface area contributed by atoms with Crippen molar-refractivity contribution in [3.8, 4) is 0 Å². The number of carboxylic acid groups (broad SMARTS) is 1. The smallest absolute Gasteiger partial charge is 0.306 e. The molecule has 3 nitrogen and oxygen atoms in total. The summed E-state index contributed by atoms with van der Waals surface area (Å²) in [5.74, 6) is -4.25. The highest BCUT2D eigenvalue weighted by molar-refractivity contribution is 5.70. The van der Waals surface area contributed by atoms with Crippen molar-refractivity contribution in [2.24, 2.45) is 5.92 Å². The second-order valence-electron chi connectivity index (χ2n) is 4.32. The first-order chi connectivity index (χ1) is 8.49. The highest BCUT2D eigenvalue weighted by Crippen LogP contribution is 2.28. The fourth-order valence-corrected chi connectivity index (χ4v) is 2.19. The molecule has 18 heavy (non-hydrogen) atoms. The van der Waals surface area contributed by atoms with Gasteiger partial charge in [-0.2, -0.15) is 0 Å². The summed E-state index contributed by atoms with van der Waals surface area (Å²) in [6.45, 7) is 0.493. The van der Waals surface area contributed by atoms with Crippen LogP contribution in [0.3, 0.4) is 0 Å². The lowest BCUT2D eigenvalue weighted by Gasteiger charge is -2.32. The van der Waals surface area contributed by atoms with Gasteiger partial charge in [0.15, 0.2) is 11.6 Å². The van der Waals surface area contributed by atoms with Crippen molar-refractivity contribution < 1.29 is 23.1 Å². The zero-order valence-corrected chi connectivity index (χ0v) is 9.50. The van der Waals surface area contributed by atoms with Crippen molar-refractivity contribution >= 4 is 11.7 Å². The quantitative estimate of drug-likeness (QED) is 0.886. The number of rotatable bonds is 2. The lowest BCUT2D eigenvalue weighted by molar-refractivity contribution is -0.142. The van der Waals surface area contributed by atoms with E-state index in [4.69, 9.17) is 5.11 Å². The Balaban J connectivity index is 2.17. The molecular weight excluding hydrogens is 247 g/mol. The largest absolute Gasteiger partial charge is 0.481 e. The molecule has 6 heteroatoms. The van der Waals surface area contributed by atoms with Crippen LogP contribution in [0.5, 0.6) is 0 Å². The van der Waals surface area contributed by atoms with E-state index in [9.17, 15) is 18.0 Å². The highest BCUT2D eigenvalue weighted by Gasteiger charge is 2.27. The number of piperidine rings is 1. The number of aliphatic carboxylic acids is 1. The van der Waals surface area contributed by atoms with Gasteiger partial charge in [-0.05, 0) is 12.8 Å². The fraction of sp³-hybridized carbons (Fsp3) is 0.417. The normalized spacial score (nSPS) is 16.9. The minimum atomic E-state index is -0.964. The van der Waals surface area contributed by atoms with Crippen LogP contribution in [0, 0.1) is 23.4 Å². The minimum absolute atomic E-state index is 0.246. The molecule has 0 amide bonds. The van der Waals surface area contributed by atoms with E-state index in [0.717, 1.165) is 0 Å². The van der Waals surface area contributed by atoms with Gasteiger partial charge >= 0.3 is 5.97 Å². The van der Waals surface area contributed by atoms with Crippen molar-refractivity contribution in [1.82, 2.24) is 0 Å². The number of carbonyl (C=O) groups is 1. The molecule has 1 aliphatic heterocycles. The summed E-state index contributed by atoms with van der Waals surface area (Å²) < 4.78 is 39.8. The Kier molecular flexibility index (Phi) is 3.45. The highest BCUT2D eigenvalue weighted by atomic mass is 19.1. The van der Waals surface area contributed by atoms with E-state index in [1.165, 1.54) is 4.90 Å². The van der Waals surface area contributed by atoms with E-state index in [-0.39, 0.29) is 18.8 Å². The maximum atomic E-state index is 13.5. The molecule has 2 rings (SSSR count). The topological polar surface area (TPSA) is 40.5 Å². The van der Waals surface area contributed by atoms with Crippen LogP contribution in [-0.4, -0.2) is 24.2 Å². The van der Waals surface area contributed by atoms with Crippen molar-refractivity contribution in [2.45, 2.75) is 12.8 Å². The summed E-state index contributed by atoms with van der Waals surface area (Å²) in [7, 11) is 0. The maximum absolute atomic E-state index is 13.5. The average Bonchev–Trinajstić information content (AvgIpc) is 2.28. The molecule has 1 fully saturated rings. The van der Waals surface area contributed by atoms with Crippen LogP contribution in [0.2, 0.25) is 0 Å². The second-order valence-corrected chi connectivity index (χ2v) is 4.32. The third kappa shape index (κ3) is 2.42. The molecule has 1 N–H and O–H groups in total. The van der Waals surface area contributed by atoms with Crippen molar-refractivity contribution in [3.05, 3.63) is 29.6 Å². The first-order valence-electron chi connectivity index (χ1n) is 5.61. The first-order valence-corrected chi connectivity index (χ1v) is 5.61. The van der Waals surface area contributed by atoms with Gasteiger partial charge in [0, 0.05) is 25.2 Å². The number of hydrogen-bond donors (Lipinski definition) is 1. The molecule has 0 bridgehead atoms. The number of nitrogens with zero attached hydrogens (tertiary/aromatic N) is 1. The van der Waals surface area contributed by atoms with E-state index in [2.05, 4.69) is 0 Å². The van der Waals surface area contributed by atoms with E-state index in [1.807, 2.05) is 0 Å². The molecule has 1 aromatic rings. The summed E-state index contributed by atoms with van der Waals surface area (Å²) >= 11 is 0. The van der Waals surface area contributed by atoms with E-state index >= 15 is 0 Å². The monoisotopic (exact) mass is 259 g/mol. The van der Waals surface area contributed by atoms with Gasteiger partial charge in [-0.25, -0.2) is 13.2 Å². The van der Waals surface area contributed by atoms with Gasteiger partial charge in [0.05, 0.1) is 5.92 Å². The Morgan fingerprint density at radius 2 is 1.67 bits per heavy atom. The van der Waals surface area contributed by atoms with Gasteiger partial charge in [-0.3, -0.25) is 4.79 Å². The van der Waals surface area contributed by atoms with Gasteiger partial charge in [0.2, 0.25) is 0 Å². The summed E-state index contributed by atoms with van der Waals surface area (Å²) in [6.07, 6.45) is 0.650. The van der Waals surface area contributed by atoms with Crippen LogP contribution >= 0.6 is 0 Å². The van der Waals surface area contributed by atoms with E-state index in [0.29, 0.717) is 25.0 Å². The number of benzene rings is 1. The Labute approximate surface area is 102 Å². The van der Waals surface area contributed by atoms with Crippen LogP contribution in [0.25, 0.3) is 0 Å². The Bertz CT molecular complexity index is 447. The van der Waals surface area contributed by atoms with Gasteiger partial charge in [-0.15, -0.1) is 0 Å². The maximum Gasteiger partial charge on any atom is 0.306 e. The lowest BCUT2D eigenvalue weighted by Crippen LogP contribution is -2.37. The molecule has 1 heterocycles. The van der Waals surface area contributed by atoms with E-state index < -0.39 is 29.3 Å². The average molecular weight is 259 g/mol. The fourth-order valence-electron chi connectivity index (χ4n) is 2.19. The van der Waals surface area contributed by atoms with Crippen LogP contribution in [0.4, 0.5) is 18.9 Å². The molecular formula is C12H12F3NO2. The van der Waals surface area contributed by atoms with Crippen molar-refractivity contribution in [2.75, 3.05) is 18.0 Å². The number of carboxylic acids is 1. The standard InChI is InChI=1S/C12H12F3NO2/c13-8-5-9(14)11(10(15)6-8)16-3-1-7(2-4-16)12(17)18/h5-7H,1-4H2,(H,17,18). The predicted octanol–water partition coefficient (Wildman–Crippen LogP) is 2.40. The molecule has 0 aromatic heterocycles. The first kappa shape index (κ1) is 12.7. The molecule has 0 radical (unpaired) electrons. The number of hydrogen-bond acceptors (Lipinski definition) is 2. The third-order valence-electron chi connectivity index (χ3n) is 3.14. The minimum Gasteiger partial charge on any atom is -0.481 e. The van der Waals surface area contributed by atoms with Crippen LogP contribution in [-0.2, 0) is 4.79 Å². The molecule has 0 aliphatic carbocycles. The number of anilines is 1. The van der Waals surface area contributed by atoms with Gasteiger partial charge in [0.1, 0.15) is 11.5 Å². The summed E-state index contributed by atoms with van der Waals surface area (Å²) in [6, 6.07) is 1.25. The predicted molar refractivity (Wildman–Crippen MR) is 58.9 cm³/mol. The molecule has 0 atom stereocenters. The zero-order chi connectivity index (χ0) is 13.3. The molecule has 0 spiro atoms. The molecule has 1 saturated heterocycles. The van der Waals surface area contributed by atoms with Crippen molar-refractivity contribution in [1.29, 1.82) is 0 Å². The van der Waals surface area contributed by atoms with Gasteiger partial charge in [-0.1, -0.05) is 0 Å². The second kappa shape index (κ2) is 4.88. The van der Waals surface area contributed by atoms with Gasteiger partial charge < -0.3 is 10.0 Å². The van der Waals surface area contributed by atoms with E-state index in [1.54, 1.807) is 0 Å². The summed E-state index contributed by atoms with van der Waals surface area (Å²) in [4.78, 5) is 12.2.